The molecular formula is C21H21ClF3N5O2. The summed E-state index contributed by atoms with van der Waals surface area (Å²) in [7, 11) is 3.71. The van der Waals surface area contributed by atoms with E-state index in [-0.39, 0.29) is 10.6 Å². The minimum absolute atomic E-state index is 0.176. The van der Waals surface area contributed by atoms with Crippen molar-refractivity contribution in [2.45, 2.75) is 19.3 Å². The number of benzene rings is 2. The number of nitrogens with zero attached hydrogens (tertiary/aromatic N) is 3. The Morgan fingerprint density at radius 3 is 2.56 bits per heavy atom. The maximum atomic E-state index is 12.6. The van der Waals surface area contributed by atoms with Crippen LogP contribution in [0.4, 0.5) is 19.0 Å². The number of para-hydroxylation sites is 1. The topological polar surface area (TPSA) is 93.4 Å². The van der Waals surface area contributed by atoms with Crippen LogP contribution < -0.4 is 15.8 Å². The van der Waals surface area contributed by atoms with Crippen LogP contribution in [0.1, 0.15) is 27.8 Å². The molecule has 0 fully saturated rings. The van der Waals surface area contributed by atoms with Gasteiger partial charge in [-0.3, -0.25) is 4.79 Å². The van der Waals surface area contributed by atoms with Crippen LogP contribution in [0.3, 0.4) is 0 Å². The number of fused-ring (bicyclic) bond motifs is 1. The lowest BCUT2D eigenvalue weighted by Gasteiger charge is -2.25. The zero-order chi connectivity index (χ0) is 23.6. The van der Waals surface area contributed by atoms with Crippen molar-refractivity contribution in [1.82, 2.24) is 14.9 Å². The van der Waals surface area contributed by atoms with Crippen LogP contribution in [-0.4, -0.2) is 47.8 Å². The molecule has 0 spiro atoms. The third kappa shape index (κ3) is 5.57. The average molecular weight is 468 g/mol. The highest BCUT2D eigenvalue weighted by atomic mass is 35.5. The fourth-order valence-electron chi connectivity index (χ4n) is 3.28. The molecular weight excluding hydrogens is 447 g/mol. The number of nitrogens with one attached hydrogen (secondary N) is 1. The number of aryl methyl sites for hydroxylation is 1. The van der Waals surface area contributed by atoms with E-state index in [1.165, 1.54) is 18.2 Å². The summed E-state index contributed by atoms with van der Waals surface area (Å²) in [5, 5.41) is 3.71. The second-order valence-electron chi connectivity index (χ2n) is 7.38. The number of nitrogens with two attached hydrogens (primary N) is 1. The molecule has 32 heavy (non-hydrogen) atoms. The highest BCUT2D eigenvalue weighted by molar-refractivity contribution is 6.32. The molecule has 11 heteroatoms. The van der Waals surface area contributed by atoms with E-state index in [0.29, 0.717) is 34.7 Å². The van der Waals surface area contributed by atoms with Crippen molar-refractivity contribution in [3.05, 3.63) is 58.4 Å². The number of likely N-dealkylation sites (N-methyl/N-ethyl adjacent to an activating group) is 1. The zero-order valence-corrected chi connectivity index (χ0v) is 18.3. The van der Waals surface area contributed by atoms with E-state index in [4.69, 9.17) is 17.3 Å². The number of halogens is 4. The van der Waals surface area contributed by atoms with E-state index >= 15 is 0 Å². The van der Waals surface area contributed by atoms with Crippen molar-refractivity contribution >= 4 is 34.2 Å². The van der Waals surface area contributed by atoms with Gasteiger partial charge in [0.15, 0.2) is 0 Å². The van der Waals surface area contributed by atoms with Crippen molar-refractivity contribution in [3.8, 4) is 5.75 Å². The summed E-state index contributed by atoms with van der Waals surface area (Å²) in [5.41, 5.74) is 6.77. The van der Waals surface area contributed by atoms with Crippen LogP contribution in [0.5, 0.6) is 5.75 Å². The largest absolute Gasteiger partial charge is 0.573 e. The van der Waals surface area contributed by atoms with Gasteiger partial charge < -0.3 is 20.7 Å². The van der Waals surface area contributed by atoms with E-state index < -0.39 is 24.1 Å². The van der Waals surface area contributed by atoms with Crippen molar-refractivity contribution in [3.63, 3.8) is 0 Å². The molecule has 0 unspecified atom stereocenters. The van der Waals surface area contributed by atoms with Crippen LogP contribution in [0, 0.1) is 6.92 Å². The Bertz CT molecular complexity index is 1150. The number of carbonyl (C=O) groups is 1. The van der Waals surface area contributed by atoms with Gasteiger partial charge in [0.25, 0.3) is 5.91 Å². The summed E-state index contributed by atoms with van der Waals surface area (Å²) in [6.07, 6.45) is -4.85. The molecule has 3 rings (SSSR count). The quantitative estimate of drug-likeness (QED) is 0.538. The fourth-order valence-corrected chi connectivity index (χ4v) is 3.51. The van der Waals surface area contributed by atoms with Crippen molar-refractivity contribution < 1.29 is 22.7 Å². The van der Waals surface area contributed by atoms with Crippen molar-refractivity contribution in [1.29, 1.82) is 0 Å². The van der Waals surface area contributed by atoms with Crippen LogP contribution in [0.2, 0.25) is 5.02 Å². The van der Waals surface area contributed by atoms with Gasteiger partial charge in [0.1, 0.15) is 17.4 Å². The Morgan fingerprint density at radius 1 is 1.25 bits per heavy atom. The monoisotopic (exact) mass is 467 g/mol. The first-order valence-corrected chi connectivity index (χ1v) is 9.86. The summed E-state index contributed by atoms with van der Waals surface area (Å²) in [6.45, 7) is 2.15. The lowest BCUT2D eigenvalue weighted by atomic mass is 10.0. The number of amides is 1. The van der Waals surface area contributed by atoms with Crippen molar-refractivity contribution in [2.75, 3.05) is 26.0 Å². The first kappa shape index (κ1) is 23.6. The summed E-state index contributed by atoms with van der Waals surface area (Å²) in [4.78, 5) is 22.5. The Morgan fingerprint density at radius 2 is 1.97 bits per heavy atom. The van der Waals surface area contributed by atoms with Gasteiger partial charge in [-0.1, -0.05) is 23.7 Å². The molecule has 0 aliphatic heterocycles. The van der Waals surface area contributed by atoms with Gasteiger partial charge in [-0.05, 0) is 50.8 Å². The molecule has 3 N–H and O–H groups in total. The smallest absolute Gasteiger partial charge is 0.404 e. The molecule has 1 heterocycles. The first-order chi connectivity index (χ1) is 14.9. The van der Waals surface area contributed by atoms with Crippen molar-refractivity contribution in [2.24, 2.45) is 5.73 Å². The number of carbonyl (C=O) groups excluding carboxylic acids is 1. The molecule has 3 aromatic rings. The minimum Gasteiger partial charge on any atom is -0.404 e. The van der Waals surface area contributed by atoms with E-state index in [2.05, 4.69) is 20.0 Å². The normalized spacial score (nSPS) is 12.8. The molecule has 0 radical (unpaired) electrons. The fraction of sp³-hybridized carbons (Fsp3) is 0.286. The Balaban J connectivity index is 2.04. The Labute approximate surface area is 187 Å². The Hall–Kier alpha value is -3.11. The van der Waals surface area contributed by atoms with Crippen LogP contribution in [0.15, 0.2) is 36.4 Å². The molecule has 1 atom stereocenters. The summed E-state index contributed by atoms with van der Waals surface area (Å²) in [5.74, 6) is -0.226. The van der Waals surface area contributed by atoms with Crippen LogP contribution in [-0.2, 0) is 0 Å². The summed E-state index contributed by atoms with van der Waals surface area (Å²) in [6, 6.07) is 8.68. The number of aromatic nitrogens is 2. The van der Waals surface area contributed by atoms with Gasteiger partial charge in [-0.15, -0.1) is 13.2 Å². The number of anilines is 1. The molecule has 1 amide bonds. The highest BCUT2D eigenvalue weighted by Crippen LogP contribution is 2.34. The van der Waals surface area contributed by atoms with Gasteiger partial charge in [0.2, 0.25) is 0 Å². The van der Waals surface area contributed by atoms with E-state index in [1.807, 2.05) is 19.0 Å². The number of primary amides is 1. The third-order valence-corrected chi connectivity index (χ3v) is 4.84. The lowest BCUT2D eigenvalue weighted by molar-refractivity contribution is -0.274. The molecule has 0 bridgehead atoms. The van der Waals surface area contributed by atoms with Gasteiger partial charge in [-0.25, -0.2) is 9.97 Å². The van der Waals surface area contributed by atoms with Gasteiger partial charge in [0, 0.05) is 11.9 Å². The van der Waals surface area contributed by atoms with Gasteiger partial charge >= 0.3 is 6.36 Å². The molecule has 7 nitrogen and oxygen atoms in total. The molecule has 2 aromatic carbocycles. The number of ether oxygens (including phenoxy) is 1. The molecule has 0 saturated carbocycles. The van der Waals surface area contributed by atoms with Gasteiger partial charge in [0.05, 0.1) is 22.1 Å². The molecule has 170 valence electrons. The first-order valence-electron chi connectivity index (χ1n) is 9.48. The standard InChI is InChI=1S/C21H21ClF3N5O2/c1-11-27-18-13(19(26)31)5-4-6-14(18)20(28-11)29-16(10-30(2)3)12-7-8-17(15(22)9-12)32-21(23,24)25/h4-9,16H,10H2,1-3H3,(H2,26,31)(H,27,28,29)/t16-/m1/s1. The predicted octanol–water partition coefficient (Wildman–Crippen LogP) is 4.30. The predicted molar refractivity (Wildman–Crippen MR) is 116 cm³/mol. The van der Waals surface area contributed by atoms with Gasteiger partial charge in [-0.2, -0.15) is 0 Å². The molecule has 1 aromatic heterocycles. The minimum atomic E-state index is -4.85. The van der Waals surface area contributed by atoms with E-state index in [9.17, 15) is 18.0 Å². The summed E-state index contributed by atoms with van der Waals surface area (Å²) < 4.78 is 41.7. The lowest BCUT2D eigenvalue weighted by Crippen LogP contribution is -2.26. The third-order valence-electron chi connectivity index (χ3n) is 4.55. The van der Waals surface area contributed by atoms with Crippen LogP contribution in [0.25, 0.3) is 10.9 Å². The summed E-state index contributed by atoms with van der Waals surface area (Å²) >= 11 is 6.05. The zero-order valence-electron chi connectivity index (χ0n) is 17.5. The second kappa shape index (κ2) is 9.17. The van der Waals surface area contributed by atoms with E-state index in [0.717, 1.165) is 0 Å². The second-order valence-corrected chi connectivity index (χ2v) is 7.79. The highest BCUT2D eigenvalue weighted by Gasteiger charge is 2.32. The average Bonchev–Trinajstić information content (AvgIpc) is 2.67. The maximum absolute atomic E-state index is 12.6. The molecule has 0 aliphatic carbocycles. The van der Waals surface area contributed by atoms with E-state index in [1.54, 1.807) is 25.1 Å². The number of rotatable bonds is 7. The number of alkyl halides is 3. The van der Waals surface area contributed by atoms with Crippen LogP contribution >= 0.6 is 11.6 Å². The molecule has 0 saturated heterocycles. The molecule has 0 aliphatic rings. The SMILES string of the molecule is Cc1nc(N[C@H](CN(C)C)c2ccc(OC(F)(F)F)c(Cl)c2)c2cccc(C(N)=O)c2n1. The maximum Gasteiger partial charge on any atom is 0.573 e. The number of hydrogen-bond donors (Lipinski definition) is 2. The number of hydrogen-bond acceptors (Lipinski definition) is 6. The Kier molecular flexibility index (Phi) is 6.75.